The lowest BCUT2D eigenvalue weighted by Crippen LogP contribution is -2.25. The van der Waals surface area contributed by atoms with Gasteiger partial charge in [0.1, 0.15) is 0 Å². The van der Waals surface area contributed by atoms with E-state index < -0.39 is 0 Å². The number of hydrogen-bond donors (Lipinski definition) is 0. The number of hydrogen-bond acceptors (Lipinski definition) is 0. The van der Waals surface area contributed by atoms with E-state index in [0.717, 1.165) is 23.7 Å². The molecule has 0 saturated carbocycles. The second kappa shape index (κ2) is 4.86. The van der Waals surface area contributed by atoms with E-state index in [1.54, 1.807) is 5.57 Å². The molecule has 0 spiro atoms. The van der Waals surface area contributed by atoms with E-state index in [4.69, 9.17) is 0 Å². The molecule has 0 heteroatoms. The van der Waals surface area contributed by atoms with Gasteiger partial charge in [0.05, 0.1) is 0 Å². The third-order valence-electron chi connectivity index (χ3n) is 6.72. The molecular weight excluding hydrogens is 252 g/mol. The molecule has 0 N–H and O–H groups in total. The Morgan fingerprint density at radius 1 is 0.667 bits per heavy atom. The summed E-state index contributed by atoms with van der Waals surface area (Å²) in [6, 6.07) is 0. The predicted octanol–water partition coefficient (Wildman–Crippen LogP) is 6.21. The Hall–Kier alpha value is -0.780. The lowest BCUT2D eigenvalue weighted by Gasteiger charge is -2.40. The van der Waals surface area contributed by atoms with E-state index in [-0.39, 0.29) is 0 Å². The molecule has 114 valence electrons. The van der Waals surface area contributed by atoms with E-state index >= 15 is 0 Å². The molecule has 0 fully saturated rings. The zero-order valence-corrected chi connectivity index (χ0v) is 14.3. The van der Waals surface area contributed by atoms with Gasteiger partial charge >= 0.3 is 0 Å². The highest BCUT2D eigenvalue weighted by Gasteiger charge is 2.39. The van der Waals surface area contributed by atoms with Crippen LogP contribution in [0, 0.1) is 23.7 Å². The highest BCUT2D eigenvalue weighted by Crippen LogP contribution is 2.55. The van der Waals surface area contributed by atoms with E-state index in [9.17, 15) is 0 Å². The fourth-order valence-corrected chi connectivity index (χ4v) is 5.66. The Morgan fingerprint density at radius 2 is 1.33 bits per heavy atom. The minimum atomic E-state index is 0.798. The smallest absolute Gasteiger partial charge is 0.0185 e. The molecule has 21 heavy (non-hydrogen) atoms. The van der Waals surface area contributed by atoms with Crippen LogP contribution in [0.2, 0.25) is 0 Å². The fraction of sp³-hybridized carbons (Fsp3) is 0.714. The molecule has 4 unspecified atom stereocenters. The van der Waals surface area contributed by atoms with Crippen LogP contribution in [0.5, 0.6) is 0 Å². The minimum absolute atomic E-state index is 0.798. The van der Waals surface area contributed by atoms with Crippen LogP contribution in [-0.2, 0) is 0 Å². The van der Waals surface area contributed by atoms with E-state index in [1.807, 2.05) is 27.9 Å². The predicted molar refractivity (Wildman–Crippen MR) is 90.1 cm³/mol. The lowest BCUT2D eigenvalue weighted by atomic mass is 9.65. The lowest BCUT2D eigenvalue weighted by molar-refractivity contribution is 0.459. The van der Waals surface area contributed by atoms with Crippen molar-refractivity contribution >= 4 is 0 Å². The Morgan fingerprint density at radius 3 is 2.14 bits per heavy atom. The summed E-state index contributed by atoms with van der Waals surface area (Å²) in [5.41, 5.74) is 10.9. The van der Waals surface area contributed by atoms with Crippen molar-refractivity contribution in [2.24, 2.45) is 23.7 Å². The largest absolute Gasteiger partial charge is 0.0630 e. The van der Waals surface area contributed by atoms with Crippen molar-refractivity contribution in [2.75, 3.05) is 0 Å². The van der Waals surface area contributed by atoms with Gasteiger partial charge in [-0.05, 0) is 85.3 Å². The van der Waals surface area contributed by atoms with Crippen molar-refractivity contribution in [3.8, 4) is 0 Å². The van der Waals surface area contributed by atoms with Gasteiger partial charge in [0.25, 0.3) is 0 Å². The SMILES string of the molecule is CC1CC2=C(C1)C(C)CC1=C2C2=C(CC1C)C(C)CCC2. The molecule has 0 aromatic carbocycles. The highest BCUT2D eigenvalue weighted by atomic mass is 14.4. The van der Waals surface area contributed by atoms with Crippen molar-refractivity contribution in [1.82, 2.24) is 0 Å². The van der Waals surface area contributed by atoms with E-state index in [0.29, 0.717) is 0 Å². The topological polar surface area (TPSA) is 0 Å². The number of allylic oxidation sites excluding steroid dienone is 6. The van der Waals surface area contributed by atoms with Gasteiger partial charge in [0.2, 0.25) is 0 Å². The van der Waals surface area contributed by atoms with Gasteiger partial charge in [0.15, 0.2) is 0 Å². The van der Waals surface area contributed by atoms with Crippen molar-refractivity contribution in [3.05, 3.63) is 33.4 Å². The maximum Gasteiger partial charge on any atom is -0.0185 e. The van der Waals surface area contributed by atoms with Crippen LogP contribution in [-0.4, -0.2) is 0 Å². The van der Waals surface area contributed by atoms with Crippen LogP contribution in [0.1, 0.15) is 72.6 Å². The third kappa shape index (κ3) is 2.01. The van der Waals surface area contributed by atoms with Crippen molar-refractivity contribution in [1.29, 1.82) is 0 Å². The Labute approximate surface area is 130 Å². The monoisotopic (exact) mass is 282 g/mol. The minimum Gasteiger partial charge on any atom is -0.0630 e. The summed E-state index contributed by atoms with van der Waals surface area (Å²) in [7, 11) is 0. The summed E-state index contributed by atoms with van der Waals surface area (Å²) in [6.45, 7) is 9.91. The van der Waals surface area contributed by atoms with Crippen LogP contribution in [0.25, 0.3) is 0 Å². The summed E-state index contributed by atoms with van der Waals surface area (Å²) in [5, 5.41) is 0. The normalized spacial score (nSPS) is 39.4. The summed E-state index contributed by atoms with van der Waals surface area (Å²) in [6.07, 6.45) is 9.65. The van der Waals surface area contributed by atoms with Gasteiger partial charge in [-0.1, -0.05) is 44.4 Å². The van der Waals surface area contributed by atoms with Gasteiger partial charge in [-0.2, -0.15) is 0 Å². The van der Waals surface area contributed by atoms with E-state index in [2.05, 4.69) is 27.7 Å². The first kappa shape index (κ1) is 13.9. The van der Waals surface area contributed by atoms with E-state index in [1.165, 1.54) is 44.9 Å². The van der Waals surface area contributed by atoms with Gasteiger partial charge in [-0.25, -0.2) is 0 Å². The molecule has 0 bridgehead atoms. The maximum atomic E-state index is 2.50. The molecule has 0 aromatic rings. The first-order valence-corrected chi connectivity index (χ1v) is 9.23. The standard InChI is InChI=1S/C21H30/c1-12-8-17-14(3)11-19-15(4)10-18-13(2)6-5-7-16(18)21(19)20(17)9-12/h12-15H,5-11H2,1-4H3. The third-order valence-corrected chi connectivity index (χ3v) is 6.72. The second-order valence-corrected chi connectivity index (χ2v) is 8.42. The van der Waals surface area contributed by atoms with Crippen LogP contribution in [0.3, 0.4) is 0 Å². The molecular formula is C21H30. The molecule has 0 heterocycles. The van der Waals surface area contributed by atoms with Crippen molar-refractivity contribution in [3.63, 3.8) is 0 Å². The fourth-order valence-electron chi connectivity index (χ4n) is 5.66. The van der Waals surface area contributed by atoms with Crippen LogP contribution in [0.15, 0.2) is 33.4 Å². The van der Waals surface area contributed by atoms with Gasteiger partial charge in [-0.3, -0.25) is 0 Å². The first-order chi connectivity index (χ1) is 10.1. The molecule has 0 aliphatic heterocycles. The van der Waals surface area contributed by atoms with Crippen molar-refractivity contribution < 1.29 is 0 Å². The second-order valence-electron chi connectivity index (χ2n) is 8.42. The molecule has 0 saturated heterocycles. The Kier molecular flexibility index (Phi) is 3.21. The summed E-state index contributed by atoms with van der Waals surface area (Å²) < 4.78 is 0. The number of rotatable bonds is 0. The molecule has 0 radical (unpaired) electrons. The first-order valence-electron chi connectivity index (χ1n) is 9.23. The zero-order valence-electron chi connectivity index (χ0n) is 14.3. The molecule has 0 aromatic heterocycles. The number of fused-ring (bicyclic) bond motifs is 2. The quantitative estimate of drug-likeness (QED) is 0.496. The average molecular weight is 282 g/mol. The molecule has 4 atom stereocenters. The summed E-state index contributed by atoms with van der Waals surface area (Å²) in [4.78, 5) is 0. The maximum absolute atomic E-state index is 2.50. The molecule has 0 amide bonds. The Bertz CT molecular complexity index is 569. The molecule has 4 rings (SSSR count). The summed E-state index contributed by atoms with van der Waals surface area (Å²) in [5.74, 6) is 3.33. The van der Waals surface area contributed by atoms with Crippen LogP contribution < -0.4 is 0 Å². The van der Waals surface area contributed by atoms with Crippen LogP contribution in [0.4, 0.5) is 0 Å². The van der Waals surface area contributed by atoms with Gasteiger partial charge in [-0.15, -0.1) is 0 Å². The van der Waals surface area contributed by atoms with Crippen LogP contribution >= 0.6 is 0 Å². The average Bonchev–Trinajstić information content (AvgIpc) is 2.83. The molecule has 4 aliphatic rings. The zero-order chi connectivity index (χ0) is 14.7. The van der Waals surface area contributed by atoms with Gasteiger partial charge < -0.3 is 0 Å². The molecule has 4 aliphatic carbocycles. The highest BCUT2D eigenvalue weighted by molar-refractivity contribution is 5.60. The summed E-state index contributed by atoms with van der Waals surface area (Å²) >= 11 is 0. The van der Waals surface area contributed by atoms with Gasteiger partial charge in [0, 0.05) is 0 Å². The molecule has 0 nitrogen and oxygen atoms in total. The van der Waals surface area contributed by atoms with Crippen molar-refractivity contribution in [2.45, 2.75) is 72.6 Å². The Balaban J connectivity index is 1.87.